The molecule has 2 aromatic rings. The van der Waals surface area contributed by atoms with Crippen LogP contribution < -0.4 is 9.62 Å². The quantitative estimate of drug-likeness (QED) is 0.327. The molecular formula is C28H40ClN3O4S. The number of amides is 2. The molecule has 1 atom stereocenters. The maximum Gasteiger partial charge on any atom is 0.242 e. The zero-order valence-electron chi connectivity index (χ0n) is 22.6. The van der Waals surface area contributed by atoms with Crippen molar-refractivity contribution in [1.29, 1.82) is 0 Å². The Balaban J connectivity index is 2.23. The summed E-state index contributed by atoms with van der Waals surface area (Å²) in [5.41, 5.74) is 3.27. The molecule has 0 aliphatic carbocycles. The Labute approximate surface area is 227 Å². The average molecular weight is 550 g/mol. The lowest BCUT2D eigenvalue weighted by Gasteiger charge is -2.31. The summed E-state index contributed by atoms with van der Waals surface area (Å²) in [4.78, 5) is 28.1. The number of hydrogen-bond acceptors (Lipinski definition) is 4. The predicted octanol–water partition coefficient (Wildman–Crippen LogP) is 5.23. The Morgan fingerprint density at radius 1 is 1.03 bits per heavy atom. The number of rotatable bonds is 14. The summed E-state index contributed by atoms with van der Waals surface area (Å²) >= 11 is 6.38. The number of nitrogens with zero attached hydrogens (tertiary/aromatic N) is 2. The zero-order chi connectivity index (χ0) is 27.6. The van der Waals surface area contributed by atoms with E-state index in [0.717, 1.165) is 29.5 Å². The summed E-state index contributed by atoms with van der Waals surface area (Å²) in [6.07, 6.45) is 3.85. The minimum atomic E-state index is -3.54. The lowest BCUT2D eigenvalue weighted by atomic mass is 10.1. The van der Waals surface area contributed by atoms with Crippen LogP contribution >= 0.6 is 11.6 Å². The Morgan fingerprint density at radius 3 is 2.24 bits per heavy atom. The van der Waals surface area contributed by atoms with Crippen LogP contribution in [0.2, 0.25) is 5.02 Å². The number of benzene rings is 2. The second-order valence-electron chi connectivity index (χ2n) is 9.47. The molecule has 2 aromatic carbocycles. The number of unbranched alkanes of at least 4 members (excludes halogenated alkanes) is 1. The van der Waals surface area contributed by atoms with Crippen LogP contribution in [0.3, 0.4) is 0 Å². The Bertz CT molecular complexity index is 1150. The van der Waals surface area contributed by atoms with Gasteiger partial charge in [-0.1, -0.05) is 56.1 Å². The third-order valence-electron chi connectivity index (χ3n) is 6.16. The van der Waals surface area contributed by atoms with E-state index in [1.54, 1.807) is 11.0 Å². The molecule has 0 spiro atoms. The second kappa shape index (κ2) is 14.4. The minimum absolute atomic E-state index is 0.0972. The van der Waals surface area contributed by atoms with Crippen LogP contribution in [-0.2, 0) is 26.2 Å². The highest BCUT2D eigenvalue weighted by atomic mass is 35.5. The van der Waals surface area contributed by atoms with Gasteiger partial charge in [0.15, 0.2) is 0 Å². The van der Waals surface area contributed by atoms with Gasteiger partial charge in [0, 0.05) is 31.1 Å². The normalized spacial score (nSPS) is 12.2. The number of nitrogens with one attached hydrogen (secondary N) is 1. The Morgan fingerprint density at radius 2 is 1.68 bits per heavy atom. The Kier molecular flexibility index (Phi) is 11.9. The van der Waals surface area contributed by atoms with Crippen molar-refractivity contribution in [3.8, 4) is 0 Å². The van der Waals surface area contributed by atoms with E-state index < -0.39 is 16.1 Å². The van der Waals surface area contributed by atoms with E-state index in [9.17, 15) is 18.0 Å². The zero-order valence-corrected chi connectivity index (χ0v) is 24.2. The molecule has 0 radical (unpaired) electrons. The molecule has 2 amide bonds. The minimum Gasteiger partial charge on any atom is -0.354 e. The number of sulfonamides is 1. The van der Waals surface area contributed by atoms with Gasteiger partial charge in [0.1, 0.15) is 6.04 Å². The van der Waals surface area contributed by atoms with Crippen LogP contribution in [0.15, 0.2) is 42.5 Å². The molecule has 7 nitrogen and oxygen atoms in total. The van der Waals surface area contributed by atoms with Gasteiger partial charge in [0.2, 0.25) is 21.8 Å². The Hall–Kier alpha value is -2.58. The van der Waals surface area contributed by atoms with Crippen molar-refractivity contribution < 1.29 is 18.0 Å². The molecule has 0 aliphatic heterocycles. The molecule has 0 bridgehead atoms. The van der Waals surface area contributed by atoms with Gasteiger partial charge in [-0.2, -0.15) is 0 Å². The summed E-state index contributed by atoms with van der Waals surface area (Å²) in [7, 11) is -3.54. The highest BCUT2D eigenvalue weighted by molar-refractivity contribution is 7.92. The maximum atomic E-state index is 13.5. The van der Waals surface area contributed by atoms with Crippen LogP contribution in [0.25, 0.3) is 0 Å². The SMILES string of the molecule is CCCCNC(=O)[C@@H](CC)N(Cc1ccccc1Cl)C(=O)CCCN(c1cc(C)cc(C)c1)S(C)(=O)=O. The highest BCUT2D eigenvalue weighted by Gasteiger charge is 2.29. The van der Waals surface area contributed by atoms with Gasteiger partial charge < -0.3 is 10.2 Å². The monoisotopic (exact) mass is 549 g/mol. The first-order chi connectivity index (χ1) is 17.5. The molecule has 2 rings (SSSR count). The van der Waals surface area contributed by atoms with Gasteiger partial charge >= 0.3 is 0 Å². The van der Waals surface area contributed by atoms with Crippen molar-refractivity contribution in [2.75, 3.05) is 23.7 Å². The van der Waals surface area contributed by atoms with Gasteiger partial charge in [-0.05, 0) is 68.0 Å². The number of anilines is 1. The fourth-order valence-corrected chi connectivity index (χ4v) is 5.48. The van der Waals surface area contributed by atoms with Gasteiger partial charge in [-0.3, -0.25) is 13.9 Å². The first-order valence-corrected chi connectivity index (χ1v) is 15.1. The van der Waals surface area contributed by atoms with Crippen LogP contribution in [-0.4, -0.2) is 50.5 Å². The van der Waals surface area contributed by atoms with E-state index in [1.807, 2.05) is 57.2 Å². The fraction of sp³-hybridized carbons (Fsp3) is 0.500. The van der Waals surface area contributed by atoms with Gasteiger partial charge in [0.05, 0.1) is 11.9 Å². The average Bonchev–Trinajstić information content (AvgIpc) is 2.81. The van der Waals surface area contributed by atoms with E-state index in [4.69, 9.17) is 11.6 Å². The molecule has 0 unspecified atom stereocenters. The molecule has 0 aromatic heterocycles. The molecule has 204 valence electrons. The van der Waals surface area contributed by atoms with E-state index in [2.05, 4.69) is 12.2 Å². The molecule has 0 saturated carbocycles. The van der Waals surface area contributed by atoms with Crippen LogP contribution in [0.4, 0.5) is 5.69 Å². The summed E-state index contributed by atoms with van der Waals surface area (Å²) in [5.74, 6) is -0.407. The van der Waals surface area contributed by atoms with E-state index in [0.29, 0.717) is 30.1 Å². The smallest absolute Gasteiger partial charge is 0.242 e. The standard InChI is InChI=1S/C28H40ClN3O4S/c1-6-8-15-30-28(34)26(7-2)31(20-23-12-9-10-13-25(23)29)27(33)14-11-16-32(37(5,35)36)24-18-21(3)17-22(4)19-24/h9-10,12-13,17-19,26H,6-8,11,14-16,20H2,1-5H3,(H,30,34)/t26-/m1/s1. The molecule has 0 fully saturated rings. The number of halogens is 1. The molecule has 37 heavy (non-hydrogen) atoms. The van der Waals surface area contributed by atoms with Crippen molar-refractivity contribution in [3.05, 3.63) is 64.2 Å². The van der Waals surface area contributed by atoms with Crippen molar-refractivity contribution in [2.45, 2.75) is 72.4 Å². The molecule has 0 aliphatic rings. The van der Waals surface area contributed by atoms with Gasteiger partial charge in [-0.15, -0.1) is 0 Å². The predicted molar refractivity (Wildman–Crippen MR) is 151 cm³/mol. The summed E-state index contributed by atoms with van der Waals surface area (Å²) in [5, 5.41) is 3.47. The fourth-order valence-electron chi connectivity index (χ4n) is 4.33. The number of hydrogen-bond donors (Lipinski definition) is 1. The summed E-state index contributed by atoms with van der Waals surface area (Å²) in [6, 6.07) is 12.3. The topological polar surface area (TPSA) is 86.8 Å². The van der Waals surface area contributed by atoms with Crippen LogP contribution in [0.1, 0.15) is 62.6 Å². The van der Waals surface area contributed by atoms with Crippen LogP contribution in [0, 0.1) is 13.8 Å². The van der Waals surface area contributed by atoms with Crippen molar-refractivity contribution in [2.24, 2.45) is 0 Å². The van der Waals surface area contributed by atoms with Gasteiger partial charge in [-0.25, -0.2) is 8.42 Å². The summed E-state index contributed by atoms with van der Waals surface area (Å²) in [6.45, 7) is 8.68. The van der Waals surface area contributed by atoms with Gasteiger partial charge in [0.25, 0.3) is 0 Å². The lowest BCUT2D eigenvalue weighted by Crippen LogP contribution is -2.49. The van der Waals surface area contributed by atoms with Crippen molar-refractivity contribution in [3.63, 3.8) is 0 Å². The lowest BCUT2D eigenvalue weighted by molar-refractivity contribution is -0.141. The third-order valence-corrected chi connectivity index (χ3v) is 7.72. The second-order valence-corrected chi connectivity index (χ2v) is 11.8. The highest BCUT2D eigenvalue weighted by Crippen LogP contribution is 2.23. The van der Waals surface area contributed by atoms with Crippen LogP contribution in [0.5, 0.6) is 0 Å². The van der Waals surface area contributed by atoms with E-state index in [1.165, 1.54) is 10.6 Å². The van der Waals surface area contributed by atoms with Crippen molar-refractivity contribution >= 4 is 39.1 Å². The molecular weight excluding hydrogens is 510 g/mol. The first kappa shape index (κ1) is 30.6. The van der Waals surface area contributed by atoms with Crippen molar-refractivity contribution in [1.82, 2.24) is 10.2 Å². The molecule has 1 N–H and O–H groups in total. The third kappa shape index (κ3) is 9.34. The number of aryl methyl sites for hydroxylation is 2. The first-order valence-electron chi connectivity index (χ1n) is 12.8. The van der Waals surface area contributed by atoms with E-state index in [-0.39, 0.29) is 31.3 Å². The summed E-state index contributed by atoms with van der Waals surface area (Å²) < 4.78 is 26.5. The molecule has 9 heteroatoms. The van der Waals surface area contributed by atoms with E-state index >= 15 is 0 Å². The number of carbonyl (C=O) groups is 2. The molecule has 0 heterocycles. The largest absolute Gasteiger partial charge is 0.354 e. The number of carbonyl (C=O) groups excluding carboxylic acids is 2. The maximum absolute atomic E-state index is 13.5. The molecule has 0 saturated heterocycles.